The number of imidazole rings is 1. The van der Waals surface area contributed by atoms with E-state index in [1.54, 1.807) is 0 Å². The molecule has 3 atom stereocenters. The van der Waals surface area contributed by atoms with Crippen molar-refractivity contribution in [2.45, 2.75) is 49.3 Å². The zero-order valence-electron chi connectivity index (χ0n) is 11.4. The maximum absolute atomic E-state index is 4.45. The van der Waals surface area contributed by atoms with E-state index in [9.17, 15) is 0 Å². The van der Waals surface area contributed by atoms with Gasteiger partial charge in [-0.2, -0.15) is 11.8 Å². The molecule has 4 heteroatoms. The van der Waals surface area contributed by atoms with Gasteiger partial charge in [0.1, 0.15) is 0 Å². The molecule has 1 aliphatic heterocycles. The number of rotatable bonds is 3. The number of thioether (sulfide) groups is 1. The zero-order chi connectivity index (χ0) is 12.6. The van der Waals surface area contributed by atoms with Gasteiger partial charge < -0.3 is 9.88 Å². The van der Waals surface area contributed by atoms with Crippen molar-refractivity contribution in [2.24, 2.45) is 0 Å². The monoisotopic (exact) mass is 265 g/mol. The lowest BCUT2D eigenvalue weighted by molar-refractivity contribution is 0.430. The fraction of sp³-hybridized carbons (Fsp3) is 0.786. The molecule has 1 aromatic rings. The lowest BCUT2D eigenvalue weighted by atomic mass is 9.86. The minimum absolute atomic E-state index is 0.280. The summed E-state index contributed by atoms with van der Waals surface area (Å²) >= 11 is 2.02. The minimum Gasteiger partial charge on any atom is -0.330 e. The predicted octanol–water partition coefficient (Wildman–Crippen LogP) is 2.59. The van der Waals surface area contributed by atoms with Crippen LogP contribution in [0.5, 0.6) is 0 Å². The number of nitrogens with zero attached hydrogens (tertiary/aromatic N) is 2. The zero-order valence-corrected chi connectivity index (χ0v) is 12.2. The second kappa shape index (κ2) is 4.89. The molecular formula is C14H23N3S. The van der Waals surface area contributed by atoms with Gasteiger partial charge in [-0.1, -0.05) is 13.3 Å². The lowest BCUT2D eigenvalue weighted by Crippen LogP contribution is -2.30. The summed E-state index contributed by atoms with van der Waals surface area (Å²) in [5.41, 5.74) is 1.72. The van der Waals surface area contributed by atoms with Crippen LogP contribution in [-0.2, 0) is 5.41 Å². The Morgan fingerprint density at radius 1 is 1.50 bits per heavy atom. The molecule has 1 saturated heterocycles. The molecule has 1 N–H and O–H groups in total. The highest BCUT2D eigenvalue weighted by Crippen LogP contribution is 2.40. The van der Waals surface area contributed by atoms with Gasteiger partial charge in [0.15, 0.2) is 0 Å². The average Bonchev–Trinajstić information content (AvgIpc) is 3.08. The van der Waals surface area contributed by atoms with E-state index in [2.05, 4.69) is 40.6 Å². The van der Waals surface area contributed by atoms with Crippen molar-refractivity contribution in [1.82, 2.24) is 14.9 Å². The van der Waals surface area contributed by atoms with E-state index in [0.717, 1.165) is 18.3 Å². The van der Waals surface area contributed by atoms with Crippen molar-refractivity contribution in [1.29, 1.82) is 0 Å². The van der Waals surface area contributed by atoms with E-state index in [0.29, 0.717) is 6.04 Å². The third-order valence-corrected chi connectivity index (χ3v) is 5.89. The number of nitrogens with one attached hydrogen (secondary N) is 1. The molecule has 2 aliphatic rings. The normalized spacial score (nSPS) is 36.3. The highest BCUT2D eigenvalue weighted by molar-refractivity contribution is 7.99. The Labute approximate surface area is 114 Å². The van der Waals surface area contributed by atoms with Crippen LogP contribution < -0.4 is 5.32 Å². The summed E-state index contributed by atoms with van der Waals surface area (Å²) in [5, 5.41) is 4.27. The van der Waals surface area contributed by atoms with Crippen molar-refractivity contribution < 1.29 is 0 Å². The molecule has 1 aliphatic carbocycles. The third-order valence-electron chi connectivity index (χ3n) is 4.73. The van der Waals surface area contributed by atoms with Gasteiger partial charge in [0, 0.05) is 35.1 Å². The quantitative estimate of drug-likeness (QED) is 0.911. The van der Waals surface area contributed by atoms with E-state index in [-0.39, 0.29) is 5.41 Å². The highest BCUT2D eigenvalue weighted by Gasteiger charge is 2.37. The Morgan fingerprint density at radius 2 is 2.39 bits per heavy atom. The summed E-state index contributed by atoms with van der Waals surface area (Å²) in [4.78, 5) is 4.45. The van der Waals surface area contributed by atoms with Crippen LogP contribution in [0.1, 0.15) is 44.3 Å². The third kappa shape index (κ3) is 1.99. The summed E-state index contributed by atoms with van der Waals surface area (Å²) in [6, 6.07) is 0.662. The smallest absolute Gasteiger partial charge is 0.0951 e. The molecule has 3 nitrogen and oxygen atoms in total. The van der Waals surface area contributed by atoms with Crippen LogP contribution in [-0.4, -0.2) is 34.1 Å². The van der Waals surface area contributed by atoms with Crippen molar-refractivity contribution in [2.75, 3.05) is 19.3 Å². The van der Waals surface area contributed by atoms with Gasteiger partial charge in [0.25, 0.3) is 0 Å². The van der Waals surface area contributed by atoms with Crippen LogP contribution >= 0.6 is 11.8 Å². The second-order valence-electron chi connectivity index (χ2n) is 5.95. The topological polar surface area (TPSA) is 29.9 Å². The Morgan fingerprint density at radius 3 is 3.11 bits per heavy atom. The summed E-state index contributed by atoms with van der Waals surface area (Å²) < 4.78 is 2.49. The Balaban J connectivity index is 1.91. The van der Waals surface area contributed by atoms with Crippen LogP contribution in [0.2, 0.25) is 0 Å². The molecule has 1 saturated carbocycles. The molecule has 3 unspecified atom stereocenters. The fourth-order valence-corrected chi connectivity index (χ4v) is 4.56. The highest BCUT2D eigenvalue weighted by atomic mass is 32.2. The van der Waals surface area contributed by atoms with Gasteiger partial charge >= 0.3 is 0 Å². The Hall–Kier alpha value is -0.480. The number of hydrogen-bond acceptors (Lipinski definition) is 3. The van der Waals surface area contributed by atoms with E-state index >= 15 is 0 Å². The first kappa shape index (κ1) is 12.5. The van der Waals surface area contributed by atoms with E-state index < -0.39 is 0 Å². The van der Waals surface area contributed by atoms with Crippen LogP contribution in [0.25, 0.3) is 0 Å². The maximum atomic E-state index is 4.45. The van der Waals surface area contributed by atoms with E-state index in [1.165, 1.54) is 31.4 Å². The van der Waals surface area contributed by atoms with Gasteiger partial charge in [-0.15, -0.1) is 0 Å². The minimum atomic E-state index is 0.280. The first-order valence-corrected chi connectivity index (χ1v) is 8.29. The Bertz CT molecular complexity index is 409. The van der Waals surface area contributed by atoms with Gasteiger partial charge in [0.05, 0.1) is 6.33 Å². The molecule has 3 rings (SSSR count). The molecule has 0 amide bonds. The molecule has 0 bridgehead atoms. The van der Waals surface area contributed by atoms with Crippen LogP contribution in [0.15, 0.2) is 12.5 Å². The lowest BCUT2D eigenvalue weighted by Gasteiger charge is -2.29. The average molecular weight is 265 g/mol. The van der Waals surface area contributed by atoms with Gasteiger partial charge in [-0.05, 0) is 32.1 Å². The molecule has 1 aromatic heterocycles. The van der Waals surface area contributed by atoms with Crippen molar-refractivity contribution in [3.05, 3.63) is 18.2 Å². The largest absolute Gasteiger partial charge is 0.330 e. The molecule has 0 aromatic carbocycles. The molecule has 2 fully saturated rings. The van der Waals surface area contributed by atoms with E-state index in [4.69, 9.17) is 0 Å². The second-order valence-corrected chi connectivity index (χ2v) is 7.02. The van der Waals surface area contributed by atoms with Crippen molar-refractivity contribution in [3.63, 3.8) is 0 Å². The predicted molar refractivity (Wildman–Crippen MR) is 77.3 cm³/mol. The van der Waals surface area contributed by atoms with E-state index in [1.807, 2.05) is 11.8 Å². The summed E-state index contributed by atoms with van der Waals surface area (Å²) in [7, 11) is 0. The number of aromatic nitrogens is 2. The van der Waals surface area contributed by atoms with Gasteiger partial charge in [0.2, 0.25) is 0 Å². The van der Waals surface area contributed by atoms with Crippen molar-refractivity contribution >= 4 is 11.8 Å². The molecule has 0 radical (unpaired) electrons. The van der Waals surface area contributed by atoms with Gasteiger partial charge in [-0.3, -0.25) is 0 Å². The molecular weight excluding hydrogens is 242 g/mol. The first-order valence-electron chi connectivity index (χ1n) is 7.00. The molecule has 18 heavy (non-hydrogen) atoms. The summed E-state index contributed by atoms with van der Waals surface area (Å²) in [5.74, 6) is 0. The van der Waals surface area contributed by atoms with Crippen LogP contribution in [0, 0.1) is 0 Å². The maximum Gasteiger partial charge on any atom is 0.0951 e. The molecule has 0 spiro atoms. The summed E-state index contributed by atoms with van der Waals surface area (Å²) in [6.07, 6.45) is 11.7. The Kier molecular flexibility index (Phi) is 3.41. The number of hydrogen-bond donors (Lipinski definition) is 1. The molecule has 100 valence electrons. The standard InChI is InChI=1S/C14H23N3S/c1-14(6-7-15-9-14)13-8-16-10-17(13)11-4-3-5-12(11)18-2/h8,10-12,15H,3-7,9H2,1-2H3. The SMILES string of the molecule is CSC1CCCC1n1cncc1C1(C)CCNC1. The summed E-state index contributed by atoms with van der Waals surface area (Å²) in [6.45, 7) is 4.61. The van der Waals surface area contributed by atoms with Crippen LogP contribution in [0.4, 0.5) is 0 Å². The first-order chi connectivity index (χ1) is 8.74. The fourth-order valence-electron chi connectivity index (χ4n) is 3.57. The van der Waals surface area contributed by atoms with Gasteiger partial charge in [-0.25, -0.2) is 4.98 Å². The van der Waals surface area contributed by atoms with Crippen molar-refractivity contribution in [3.8, 4) is 0 Å². The van der Waals surface area contributed by atoms with Crippen LogP contribution in [0.3, 0.4) is 0 Å². The molecule has 2 heterocycles.